The van der Waals surface area contributed by atoms with Gasteiger partial charge < -0.3 is 10.0 Å². The van der Waals surface area contributed by atoms with Crippen LogP contribution in [0.2, 0.25) is 0 Å². The van der Waals surface area contributed by atoms with Crippen molar-refractivity contribution in [1.82, 2.24) is 4.90 Å². The van der Waals surface area contributed by atoms with Gasteiger partial charge >= 0.3 is 24.2 Å². The Kier molecular flexibility index (Phi) is 4.55. The first kappa shape index (κ1) is 16.6. The van der Waals surface area contributed by atoms with Crippen molar-refractivity contribution in [3.63, 3.8) is 0 Å². The highest BCUT2D eigenvalue weighted by atomic mass is 19.4. The van der Waals surface area contributed by atoms with E-state index in [0.717, 1.165) is 0 Å². The van der Waals surface area contributed by atoms with Crippen LogP contribution in [0.1, 0.15) is 25.7 Å². The zero-order chi connectivity index (χ0) is 15.7. The maximum Gasteiger partial charge on any atom is 0.471 e. The van der Waals surface area contributed by atoms with Crippen molar-refractivity contribution in [3.8, 4) is 0 Å². The molecule has 10 heteroatoms. The molecule has 0 aromatic carbocycles. The first-order chi connectivity index (χ1) is 8.94. The van der Waals surface area contributed by atoms with Crippen LogP contribution in [-0.2, 0) is 9.59 Å². The van der Waals surface area contributed by atoms with E-state index in [0.29, 0.717) is 0 Å². The summed E-state index contributed by atoms with van der Waals surface area (Å²) in [5.74, 6) is -3.92. The molecule has 0 aromatic heterocycles. The Hall–Kier alpha value is -1.48. The smallest absolute Gasteiger partial charge is 0.471 e. The molecule has 0 aromatic rings. The summed E-state index contributed by atoms with van der Waals surface area (Å²) in [6.07, 6.45) is -12.4. The molecule has 1 heterocycles. The van der Waals surface area contributed by atoms with Gasteiger partial charge in [0.1, 0.15) is 6.04 Å². The van der Waals surface area contributed by atoms with Gasteiger partial charge in [0.05, 0.1) is 0 Å². The van der Waals surface area contributed by atoms with Gasteiger partial charge in [-0.15, -0.1) is 0 Å². The van der Waals surface area contributed by atoms with Crippen molar-refractivity contribution in [3.05, 3.63) is 0 Å². The number of alkyl halides is 6. The second-order valence-corrected chi connectivity index (χ2v) is 4.43. The fraction of sp³-hybridized carbons (Fsp3) is 0.800. The number of carbonyl (C=O) groups is 2. The highest BCUT2D eigenvalue weighted by molar-refractivity contribution is 5.83. The number of aliphatic carboxylic acids is 1. The summed E-state index contributed by atoms with van der Waals surface area (Å²) >= 11 is 0. The zero-order valence-electron chi connectivity index (χ0n) is 9.96. The predicted molar refractivity (Wildman–Crippen MR) is 52.6 cm³/mol. The van der Waals surface area contributed by atoms with Crippen molar-refractivity contribution in [2.24, 2.45) is 0 Å². The van der Waals surface area contributed by atoms with E-state index in [1.54, 1.807) is 0 Å². The summed E-state index contributed by atoms with van der Waals surface area (Å²) in [5.41, 5.74) is 0. The Morgan fingerprint density at radius 3 is 2.05 bits per heavy atom. The number of halogens is 6. The van der Waals surface area contributed by atoms with Crippen LogP contribution in [0.4, 0.5) is 26.3 Å². The monoisotopic (exact) mass is 307 g/mol. The van der Waals surface area contributed by atoms with E-state index >= 15 is 0 Å². The lowest BCUT2D eigenvalue weighted by molar-refractivity contribution is -0.212. The minimum absolute atomic E-state index is 0.261. The molecule has 20 heavy (non-hydrogen) atoms. The number of amides is 1. The summed E-state index contributed by atoms with van der Waals surface area (Å²) in [5, 5.41) is 8.44. The number of rotatable bonds is 3. The van der Waals surface area contributed by atoms with Crippen LogP contribution in [-0.4, -0.2) is 46.3 Å². The number of nitrogens with zero attached hydrogens (tertiary/aromatic N) is 1. The average molecular weight is 307 g/mol. The van der Waals surface area contributed by atoms with Gasteiger partial charge in [-0.3, -0.25) is 9.59 Å². The Bertz CT molecular complexity index is 391. The van der Waals surface area contributed by atoms with Gasteiger partial charge in [-0.05, 0) is 19.3 Å². The third-order valence-corrected chi connectivity index (χ3v) is 3.05. The molecule has 1 amide bonds. The molecular weight excluding hydrogens is 296 g/mol. The first-order valence-corrected chi connectivity index (χ1v) is 5.62. The van der Waals surface area contributed by atoms with Crippen molar-refractivity contribution in [2.45, 2.75) is 50.1 Å². The van der Waals surface area contributed by atoms with Gasteiger partial charge in [-0.1, -0.05) is 0 Å². The summed E-state index contributed by atoms with van der Waals surface area (Å²) in [4.78, 5) is 21.2. The Labute approximate surface area is 109 Å². The molecule has 0 saturated carbocycles. The molecule has 116 valence electrons. The summed E-state index contributed by atoms with van der Waals surface area (Å²) in [7, 11) is 0. The number of carboxylic acid groups (broad SMARTS) is 1. The molecule has 0 radical (unpaired) electrons. The fourth-order valence-electron chi connectivity index (χ4n) is 2.23. The number of hydrogen-bond donors (Lipinski definition) is 1. The van der Waals surface area contributed by atoms with E-state index in [9.17, 15) is 35.9 Å². The van der Waals surface area contributed by atoms with Gasteiger partial charge in [-0.2, -0.15) is 26.3 Å². The molecule has 0 aliphatic carbocycles. The van der Waals surface area contributed by atoms with Crippen molar-refractivity contribution in [1.29, 1.82) is 0 Å². The van der Waals surface area contributed by atoms with Gasteiger partial charge in [0.25, 0.3) is 0 Å². The molecule has 0 unspecified atom stereocenters. The van der Waals surface area contributed by atoms with E-state index < -0.39 is 55.6 Å². The van der Waals surface area contributed by atoms with E-state index in [1.165, 1.54) is 0 Å². The third kappa shape index (κ3) is 3.76. The fourth-order valence-corrected chi connectivity index (χ4v) is 2.23. The van der Waals surface area contributed by atoms with Gasteiger partial charge in [-0.25, -0.2) is 0 Å². The number of carboxylic acids is 1. The molecule has 1 fully saturated rings. The van der Waals surface area contributed by atoms with Crippen LogP contribution in [0.3, 0.4) is 0 Å². The summed E-state index contributed by atoms with van der Waals surface area (Å²) in [6.45, 7) is 0. The molecule has 2 atom stereocenters. The van der Waals surface area contributed by atoms with E-state index in [1.807, 2.05) is 0 Å². The predicted octanol–water partition coefficient (Wildman–Crippen LogP) is 2.34. The standard InChI is InChI=1S/C10H11F6NO3/c11-9(12,13)6-3-1-5(2-4-7(18)19)17(6)8(20)10(14,15)16/h5-6H,1-4H2,(H,18,19)/t5-,6+/m0/s1. The van der Waals surface area contributed by atoms with Crippen molar-refractivity contribution in [2.75, 3.05) is 0 Å². The van der Waals surface area contributed by atoms with Crippen LogP contribution in [0.5, 0.6) is 0 Å². The van der Waals surface area contributed by atoms with Gasteiger partial charge in [0, 0.05) is 12.5 Å². The van der Waals surface area contributed by atoms with Crippen LogP contribution < -0.4 is 0 Å². The van der Waals surface area contributed by atoms with Crippen LogP contribution in [0.15, 0.2) is 0 Å². The molecule has 1 aliphatic heterocycles. The second-order valence-electron chi connectivity index (χ2n) is 4.43. The third-order valence-electron chi connectivity index (χ3n) is 3.05. The quantitative estimate of drug-likeness (QED) is 0.814. The molecule has 1 saturated heterocycles. The molecule has 0 spiro atoms. The topological polar surface area (TPSA) is 57.6 Å². The maximum absolute atomic E-state index is 12.7. The Morgan fingerprint density at radius 2 is 1.65 bits per heavy atom. The van der Waals surface area contributed by atoms with Crippen LogP contribution in [0, 0.1) is 0 Å². The van der Waals surface area contributed by atoms with Gasteiger partial charge in [0.2, 0.25) is 0 Å². The van der Waals surface area contributed by atoms with Gasteiger partial charge in [0.15, 0.2) is 0 Å². The highest BCUT2D eigenvalue weighted by Gasteiger charge is 2.56. The van der Waals surface area contributed by atoms with Crippen molar-refractivity contribution < 1.29 is 41.0 Å². The largest absolute Gasteiger partial charge is 0.481 e. The Balaban J connectivity index is 2.97. The van der Waals surface area contributed by atoms with Crippen LogP contribution >= 0.6 is 0 Å². The summed E-state index contributed by atoms with van der Waals surface area (Å²) < 4.78 is 75.0. The van der Waals surface area contributed by atoms with E-state index in [2.05, 4.69) is 0 Å². The second kappa shape index (κ2) is 5.49. The van der Waals surface area contributed by atoms with Crippen LogP contribution in [0.25, 0.3) is 0 Å². The number of likely N-dealkylation sites (tertiary alicyclic amines) is 1. The first-order valence-electron chi connectivity index (χ1n) is 5.62. The maximum atomic E-state index is 12.7. The number of hydrogen-bond acceptors (Lipinski definition) is 2. The lowest BCUT2D eigenvalue weighted by atomic mass is 10.1. The number of carbonyl (C=O) groups excluding carboxylic acids is 1. The lowest BCUT2D eigenvalue weighted by Gasteiger charge is -2.31. The molecule has 1 rings (SSSR count). The molecule has 1 N–H and O–H groups in total. The van der Waals surface area contributed by atoms with E-state index in [-0.39, 0.29) is 11.3 Å². The average Bonchev–Trinajstić information content (AvgIpc) is 2.66. The minimum Gasteiger partial charge on any atom is -0.481 e. The molecular formula is C10H11F6NO3. The Morgan fingerprint density at radius 1 is 1.10 bits per heavy atom. The molecule has 1 aliphatic rings. The highest BCUT2D eigenvalue weighted by Crippen LogP contribution is 2.39. The molecule has 4 nitrogen and oxygen atoms in total. The zero-order valence-corrected chi connectivity index (χ0v) is 9.96. The van der Waals surface area contributed by atoms with Crippen molar-refractivity contribution >= 4 is 11.9 Å². The minimum atomic E-state index is -5.42. The molecule has 0 bridgehead atoms. The summed E-state index contributed by atoms with van der Waals surface area (Å²) in [6, 6.07) is -3.89. The van der Waals surface area contributed by atoms with E-state index in [4.69, 9.17) is 5.11 Å². The lowest BCUT2D eigenvalue weighted by Crippen LogP contribution is -2.52. The SMILES string of the molecule is O=C(O)CC[C@@H]1CC[C@H](C(F)(F)F)N1C(=O)C(F)(F)F. The normalized spacial score (nSPS) is 24.0.